The average molecular weight is 543 g/mol. The van der Waals surface area contributed by atoms with Gasteiger partial charge in [0.2, 0.25) is 0 Å². The molecule has 6 nitrogen and oxygen atoms in total. The van der Waals surface area contributed by atoms with Gasteiger partial charge in [-0.05, 0) is 75.6 Å². The van der Waals surface area contributed by atoms with Gasteiger partial charge >= 0.3 is 17.9 Å². The zero-order valence-electron chi connectivity index (χ0n) is 24.2. The zero-order chi connectivity index (χ0) is 30.3. The molecule has 210 valence electrons. The van der Waals surface area contributed by atoms with E-state index in [1.807, 2.05) is 75.4 Å². The number of carbonyl (C=O) groups excluding carboxylic acids is 3. The summed E-state index contributed by atoms with van der Waals surface area (Å²) in [5.41, 5.74) is 3.65. The average Bonchev–Trinajstić information content (AvgIpc) is 2.89. The Balaban J connectivity index is 0.000000318. The third-order valence-electron chi connectivity index (χ3n) is 4.65. The van der Waals surface area contributed by atoms with Crippen molar-refractivity contribution in [1.82, 2.24) is 0 Å². The zero-order valence-corrected chi connectivity index (χ0v) is 24.2. The highest BCUT2D eigenvalue weighted by molar-refractivity contribution is 5.89. The number of rotatable bonds is 6. The lowest BCUT2D eigenvalue weighted by atomic mass is 10.1. The first-order valence-electron chi connectivity index (χ1n) is 12.5. The van der Waals surface area contributed by atoms with Gasteiger partial charge in [-0.2, -0.15) is 0 Å². The molecule has 0 heterocycles. The van der Waals surface area contributed by atoms with E-state index in [9.17, 15) is 14.4 Å². The van der Waals surface area contributed by atoms with Crippen LogP contribution in [-0.2, 0) is 19.1 Å². The van der Waals surface area contributed by atoms with Crippen LogP contribution < -0.4 is 9.47 Å². The number of hydrogen-bond acceptors (Lipinski definition) is 6. The molecule has 0 radical (unpaired) electrons. The van der Waals surface area contributed by atoms with E-state index in [4.69, 9.17) is 14.2 Å². The van der Waals surface area contributed by atoms with Gasteiger partial charge in [0, 0.05) is 18.1 Å². The highest BCUT2D eigenvalue weighted by Gasteiger charge is 2.15. The summed E-state index contributed by atoms with van der Waals surface area (Å²) in [7, 11) is 0. The Bertz CT molecular complexity index is 1300. The first-order valence-corrected chi connectivity index (χ1v) is 12.5. The molecule has 0 fully saturated rings. The van der Waals surface area contributed by atoms with Crippen molar-refractivity contribution in [3.8, 4) is 22.6 Å². The van der Waals surface area contributed by atoms with E-state index in [0.717, 1.165) is 16.7 Å². The van der Waals surface area contributed by atoms with Gasteiger partial charge in [-0.3, -0.25) is 4.79 Å². The number of carbonyl (C=O) groups is 3. The summed E-state index contributed by atoms with van der Waals surface area (Å²) < 4.78 is 14.9. The number of benzene rings is 3. The van der Waals surface area contributed by atoms with E-state index >= 15 is 0 Å². The molecule has 3 aromatic carbocycles. The standard InChI is InChI=1S/C16H14O2.C10H10O2.C8H14O2/c1-12(2)16(17)18-15-10-8-14(9-11-15)13-6-4-3-5-7-13;1-3-9-4-6-10(7-5-9)12-8(2)11;1-6(2)7(9)10-8(3,4)5/h3-11H,1H2,2H3;3-7H,1H2,2H3;1H2,2-5H3. The van der Waals surface area contributed by atoms with E-state index in [0.29, 0.717) is 22.6 Å². The fourth-order valence-corrected chi connectivity index (χ4v) is 2.74. The van der Waals surface area contributed by atoms with Gasteiger partial charge in [0.25, 0.3) is 0 Å². The van der Waals surface area contributed by atoms with Crippen molar-refractivity contribution in [1.29, 1.82) is 0 Å². The van der Waals surface area contributed by atoms with Crippen molar-refractivity contribution in [2.45, 2.75) is 47.1 Å². The van der Waals surface area contributed by atoms with E-state index in [1.54, 1.807) is 44.2 Å². The molecule has 0 N–H and O–H groups in total. The van der Waals surface area contributed by atoms with E-state index in [1.165, 1.54) is 6.92 Å². The molecule has 3 rings (SSSR count). The third-order valence-corrected chi connectivity index (χ3v) is 4.65. The Kier molecular flexibility index (Phi) is 13.6. The molecule has 40 heavy (non-hydrogen) atoms. The topological polar surface area (TPSA) is 78.9 Å². The minimum atomic E-state index is -0.407. The maximum atomic E-state index is 11.3. The predicted molar refractivity (Wildman–Crippen MR) is 161 cm³/mol. The van der Waals surface area contributed by atoms with E-state index in [-0.39, 0.29) is 11.9 Å². The van der Waals surface area contributed by atoms with Gasteiger partial charge in [0.1, 0.15) is 17.1 Å². The van der Waals surface area contributed by atoms with Crippen LogP contribution in [0.2, 0.25) is 0 Å². The lowest BCUT2D eigenvalue weighted by molar-refractivity contribution is -0.149. The van der Waals surface area contributed by atoms with Crippen molar-refractivity contribution in [2.24, 2.45) is 0 Å². The first-order chi connectivity index (χ1) is 18.7. The molecule has 0 atom stereocenters. The fourth-order valence-electron chi connectivity index (χ4n) is 2.74. The SMILES string of the molecule is C=C(C)C(=O)OC(C)(C)C.C=C(C)C(=O)Oc1ccc(-c2ccccc2)cc1.C=Cc1ccc(OC(C)=O)cc1. The minimum Gasteiger partial charge on any atom is -0.457 e. The quantitative estimate of drug-likeness (QED) is 0.178. The highest BCUT2D eigenvalue weighted by Crippen LogP contribution is 2.22. The van der Waals surface area contributed by atoms with Crippen LogP contribution in [0.3, 0.4) is 0 Å². The molecular weight excluding hydrogens is 504 g/mol. The van der Waals surface area contributed by atoms with E-state index in [2.05, 4.69) is 19.7 Å². The molecule has 0 amide bonds. The van der Waals surface area contributed by atoms with Crippen molar-refractivity contribution in [3.05, 3.63) is 115 Å². The molecule has 0 aliphatic rings. The molecule has 0 aliphatic heterocycles. The number of ether oxygens (including phenoxy) is 3. The summed E-state index contributed by atoms with van der Waals surface area (Å²) >= 11 is 0. The Labute approximate surface area is 237 Å². The molecule has 0 aliphatic carbocycles. The maximum absolute atomic E-state index is 11.3. The van der Waals surface area contributed by atoms with E-state index < -0.39 is 11.6 Å². The Morgan fingerprint density at radius 2 is 1.10 bits per heavy atom. The van der Waals surface area contributed by atoms with Gasteiger partial charge in [-0.1, -0.05) is 80.4 Å². The van der Waals surface area contributed by atoms with Crippen LogP contribution >= 0.6 is 0 Å². The molecule has 0 saturated carbocycles. The normalized spacial score (nSPS) is 9.85. The summed E-state index contributed by atoms with van der Waals surface area (Å²) in [6.07, 6.45) is 1.73. The van der Waals surface area contributed by atoms with Crippen molar-refractivity contribution in [2.75, 3.05) is 0 Å². The number of esters is 3. The molecule has 6 heteroatoms. The lowest BCUT2D eigenvalue weighted by Gasteiger charge is -2.19. The maximum Gasteiger partial charge on any atom is 0.338 e. The summed E-state index contributed by atoms with van der Waals surface area (Å²) in [6.45, 7) is 20.7. The summed E-state index contributed by atoms with van der Waals surface area (Å²) in [5.74, 6) is 0.0621. The summed E-state index contributed by atoms with van der Waals surface area (Å²) in [4.78, 5) is 32.7. The second kappa shape index (κ2) is 16.3. The van der Waals surface area contributed by atoms with Crippen molar-refractivity contribution < 1.29 is 28.6 Å². The van der Waals surface area contributed by atoms with Gasteiger partial charge < -0.3 is 14.2 Å². The van der Waals surface area contributed by atoms with Crippen molar-refractivity contribution >= 4 is 24.0 Å². The monoisotopic (exact) mass is 542 g/mol. The summed E-state index contributed by atoms with van der Waals surface area (Å²) in [6, 6.07) is 24.6. The molecule has 0 unspecified atom stereocenters. The van der Waals surface area contributed by atoms with Crippen LogP contribution in [0.15, 0.2) is 110 Å². The second-order valence-corrected chi connectivity index (χ2v) is 9.71. The smallest absolute Gasteiger partial charge is 0.338 e. The Hall–Kier alpha value is -4.71. The lowest BCUT2D eigenvalue weighted by Crippen LogP contribution is -2.23. The van der Waals surface area contributed by atoms with Gasteiger partial charge in [-0.15, -0.1) is 0 Å². The molecule has 3 aromatic rings. The van der Waals surface area contributed by atoms with Crippen LogP contribution in [0.5, 0.6) is 11.5 Å². The van der Waals surface area contributed by atoms with Crippen LogP contribution in [0.25, 0.3) is 17.2 Å². The van der Waals surface area contributed by atoms with Crippen LogP contribution in [0.4, 0.5) is 0 Å². The fraction of sp³-hybridized carbons (Fsp3) is 0.206. The van der Waals surface area contributed by atoms with Crippen LogP contribution in [0, 0.1) is 0 Å². The van der Waals surface area contributed by atoms with Crippen molar-refractivity contribution in [3.63, 3.8) is 0 Å². The Morgan fingerprint density at radius 1 is 0.650 bits per heavy atom. The Morgan fingerprint density at radius 3 is 1.50 bits per heavy atom. The third kappa shape index (κ3) is 13.7. The van der Waals surface area contributed by atoms with Crippen LogP contribution in [-0.4, -0.2) is 23.5 Å². The van der Waals surface area contributed by atoms with Gasteiger partial charge in [0.05, 0.1) is 0 Å². The molecule has 0 saturated heterocycles. The first kappa shape index (κ1) is 33.3. The second-order valence-electron chi connectivity index (χ2n) is 9.71. The molecule has 0 spiro atoms. The highest BCUT2D eigenvalue weighted by atomic mass is 16.6. The largest absolute Gasteiger partial charge is 0.457 e. The summed E-state index contributed by atoms with van der Waals surface area (Å²) in [5, 5.41) is 0. The molecule has 0 bridgehead atoms. The minimum absolute atomic E-state index is 0.304. The predicted octanol–water partition coefficient (Wildman–Crippen LogP) is 7.99. The molecule has 0 aromatic heterocycles. The molecular formula is C34H38O6. The van der Waals surface area contributed by atoms with Gasteiger partial charge in [-0.25, -0.2) is 9.59 Å². The van der Waals surface area contributed by atoms with Crippen LogP contribution in [0.1, 0.15) is 47.1 Å². The number of hydrogen-bond donors (Lipinski definition) is 0. The van der Waals surface area contributed by atoms with Gasteiger partial charge in [0.15, 0.2) is 0 Å².